The molecule has 3 rings (SSSR count). The summed E-state index contributed by atoms with van der Waals surface area (Å²) in [6, 6.07) is 8.11. The van der Waals surface area contributed by atoms with Crippen molar-refractivity contribution in [2.75, 3.05) is 32.7 Å². The monoisotopic (exact) mass is 313 g/mol. The van der Waals surface area contributed by atoms with Gasteiger partial charge in [0.25, 0.3) is 5.91 Å². The van der Waals surface area contributed by atoms with Crippen LogP contribution in [0.3, 0.4) is 0 Å². The predicted molar refractivity (Wildman–Crippen MR) is 87.6 cm³/mol. The van der Waals surface area contributed by atoms with Crippen LogP contribution in [0.15, 0.2) is 42.7 Å². The van der Waals surface area contributed by atoms with Gasteiger partial charge in [0.05, 0.1) is 5.56 Å². The van der Waals surface area contributed by atoms with E-state index in [1.165, 1.54) is 12.1 Å². The highest BCUT2D eigenvalue weighted by atomic mass is 19.1. The Bertz CT molecular complexity index is 696. The molecular formula is C18H20FN3O. The molecule has 0 spiro atoms. The third kappa shape index (κ3) is 3.56. The number of hydrogen-bond acceptors (Lipinski definition) is 3. The number of benzene rings is 1. The lowest BCUT2D eigenvalue weighted by molar-refractivity contribution is 0.0643. The van der Waals surface area contributed by atoms with E-state index in [-0.39, 0.29) is 11.7 Å². The molecule has 1 amide bonds. The standard InChI is InChI=1S/C18H20FN3O/c1-2-21-6-8-22(9-7-21)18(23)16-10-15(12-20-13-16)14-4-3-5-17(19)11-14/h3-5,10-13H,2,6-9H2,1H3. The number of halogens is 1. The molecule has 0 bridgehead atoms. The number of amides is 1. The second-order valence-electron chi connectivity index (χ2n) is 5.70. The summed E-state index contributed by atoms with van der Waals surface area (Å²) in [5, 5.41) is 0. The van der Waals surface area contributed by atoms with Crippen molar-refractivity contribution in [2.24, 2.45) is 0 Å². The van der Waals surface area contributed by atoms with Crippen molar-refractivity contribution < 1.29 is 9.18 Å². The summed E-state index contributed by atoms with van der Waals surface area (Å²) in [6.07, 6.45) is 3.23. The first-order valence-corrected chi connectivity index (χ1v) is 7.90. The molecule has 0 saturated carbocycles. The molecule has 2 aromatic rings. The molecule has 1 aromatic heterocycles. The second kappa shape index (κ2) is 6.87. The first kappa shape index (κ1) is 15.6. The average molecular weight is 313 g/mol. The van der Waals surface area contributed by atoms with Crippen LogP contribution in [0.4, 0.5) is 4.39 Å². The van der Waals surface area contributed by atoms with E-state index in [9.17, 15) is 9.18 Å². The fourth-order valence-corrected chi connectivity index (χ4v) is 2.83. The summed E-state index contributed by atoms with van der Waals surface area (Å²) < 4.78 is 13.4. The van der Waals surface area contributed by atoms with Gasteiger partial charge in [-0.25, -0.2) is 4.39 Å². The molecule has 5 heteroatoms. The molecule has 1 aromatic carbocycles. The van der Waals surface area contributed by atoms with Gasteiger partial charge in [-0.3, -0.25) is 9.78 Å². The number of hydrogen-bond donors (Lipinski definition) is 0. The minimum Gasteiger partial charge on any atom is -0.336 e. The van der Waals surface area contributed by atoms with E-state index in [2.05, 4.69) is 16.8 Å². The molecule has 0 N–H and O–H groups in total. The van der Waals surface area contributed by atoms with E-state index in [0.717, 1.165) is 43.9 Å². The van der Waals surface area contributed by atoms with Gasteiger partial charge in [-0.1, -0.05) is 19.1 Å². The van der Waals surface area contributed by atoms with Crippen molar-refractivity contribution in [1.29, 1.82) is 0 Å². The van der Waals surface area contributed by atoms with E-state index < -0.39 is 0 Å². The molecule has 23 heavy (non-hydrogen) atoms. The van der Waals surface area contributed by atoms with Crippen LogP contribution in [0.2, 0.25) is 0 Å². The van der Waals surface area contributed by atoms with Gasteiger partial charge in [0.1, 0.15) is 5.82 Å². The van der Waals surface area contributed by atoms with Crippen molar-refractivity contribution >= 4 is 5.91 Å². The highest BCUT2D eigenvalue weighted by Crippen LogP contribution is 2.21. The molecule has 1 aliphatic heterocycles. The fourth-order valence-electron chi connectivity index (χ4n) is 2.83. The minimum atomic E-state index is -0.296. The Hall–Kier alpha value is -2.27. The molecule has 1 saturated heterocycles. The maximum Gasteiger partial charge on any atom is 0.255 e. The number of piperazine rings is 1. The number of rotatable bonds is 3. The fraction of sp³-hybridized carbons (Fsp3) is 0.333. The lowest BCUT2D eigenvalue weighted by Gasteiger charge is -2.34. The van der Waals surface area contributed by atoms with Gasteiger partial charge in [0.2, 0.25) is 0 Å². The molecule has 0 radical (unpaired) electrons. The molecular weight excluding hydrogens is 293 g/mol. The first-order valence-electron chi connectivity index (χ1n) is 7.90. The van der Waals surface area contributed by atoms with Crippen molar-refractivity contribution in [3.63, 3.8) is 0 Å². The quantitative estimate of drug-likeness (QED) is 0.874. The summed E-state index contributed by atoms with van der Waals surface area (Å²) in [6.45, 7) is 6.41. The molecule has 1 fully saturated rings. The third-order valence-corrected chi connectivity index (χ3v) is 4.25. The Morgan fingerprint density at radius 1 is 1.13 bits per heavy atom. The zero-order valence-electron chi connectivity index (χ0n) is 13.2. The summed E-state index contributed by atoms with van der Waals surface area (Å²) in [4.78, 5) is 21.0. The molecule has 2 heterocycles. The van der Waals surface area contributed by atoms with Crippen LogP contribution in [0.5, 0.6) is 0 Å². The van der Waals surface area contributed by atoms with Crippen molar-refractivity contribution in [3.05, 3.63) is 54.1 Å². The van der Waals surface area contributed by atoms with E-state index in [1.807, 2.05) is 11.0 Å². The zero-order chi connectivity index (χ0) is 16.2. The van der Waals surface area contributed by atoms with Gasteiger partial charge in [-0.2, -0.15) is 0 Å². The van der Waals surface area contributed by atoms with E-state index in [0.29, 0.717) is 5.56 Å². The van der Waals surface area contributed by atoms with Crippen LogP contribution in [0.1, 0.15) is 17.3 Å². The average Bonchev–Trinajstić information content (AvgIpc) is 2.61. The normalized spacial score (nSPS) is 15.7. The van der Waals surface area contributed by atoms with Gasteiger partial charge in [-0.05, 0) is 30.3 Å². The summed E-state index contributed by atoms with van der Waals surface area (Å²) in [5.41, 5.74) is 2.03. The molecule has 0 atom stereocenters. The van der Waals surface area contributed by atoms with Gasteiger partial charge < -0.3 is 9.80 Å². The maximum atomic E-state index is 13.4. The van der Waals surface area contributed by atoms with Crippen LogP contribution in [0.25, 0.3) is 11.1 Å². The van der Waals surface area contributed by atoms with E-state index in [4.69, 9.17) is 0 Å². The molecule has 0 aliphatic carbocycles. The number of likely N-dealkylation sites (N-methyl/N-ethyl adjacent to an activating group) is 1. The highest BCUT2D eigenvalue weighted by molar-refractivity contribution is 5.95. The number of carbonyl (C=O) groups excluding carboxylic acids is 1. The molecule has 0 unspecified atom stereocenters. The Morgan fingerprint density at radius 2 is 1.91 bits per heavy atom. The predicted octanol–water partition coefficient (Wildman–Crippen LogP) is 2.67. The third-order valence-electron chi connectivity index (χ3n) is 4.25. The zero-order valence-corrected chi connectivity index (χ0v) is 13.2. The Kier molecular flexibility index (Phi) is 4.67. The second-order valence-corrected chi connectivity index (χ2v) is 5.70. The Morgan fingerprint density at radius 3 is 2.61 bits per heavy atom. The SMILES string of the molecule is CCN1CCN(C(=O)c2cncc(-c3cccc(F)c3)c2)CC1. The van der Waals surface area contributed by atoms with Crippen molar-refractivity contribution in [2.45, 2.75) is 6.92 Å². The van der Waals surface area contributed by atoms with Crippen LogP contribution in [0, 0.1) is 5.82 Å². The van der Waals surface area contributed by atoms with Gasteiger partial charge in [0, 0.05) is 44.1 Å². The van der Waals surface area contributed by atoms with Gasteiger partial charge >= 0.3 is 0 Å². The van der Waals surface area contributed by atoms with E-state index in [1.54, 1.807) is 24.5 Å². The number of aromatic nitrogens is 1. The minimum absolute atomic E-state index is 0.00786. The van der Waals surface area contributed by atoms with Crippen LogP contribution >= 0.6 is 0 Å². The Labute approximate surface area is 135 Å². The van der Waals surface area contributed by atoms with Crippen LogP contribution < -0.4 is 0 Å². The first-order chi connectivity index (χ1) is 11.2. The topological polar surface area (TPSA) is 36.4 Å². The van der Waals surface area contributed by atoms with Gasteiger partial charge in [-0.15, -0.1) is 0 Å². The maximum absolute atomic E-state index is 13.4. The van der Waals surface area contributed by atoms with Crippen molar-refractivity contribution in [1.82, 2.24) is 14.8 Å². The molecule has 120 valence electrons. The summed E-state index contributed by atoms with van der Waals surface area (Å²) in [5.74, 6) is -0.304. The summed E-state index contributed by atoms with van der Waals surface area (Å²) in [7, 11) is 0. The molecule has 1 aliphatic rings. The number of nitrogens with zero attached hydrogens (tertiary/aromatic N) is 3. The smallest absolute Gasteiger partial charge is 0.255 e. The van der Waals surface area contributed by atoms with Crippen LogP contribution in [-0.2, 0) is 0 Å². The number of pyridine rings is 1. The van der Waals surface area contributed by atoms with E-state index >= 15 is 0 Å². The van der Waals surface area contributed by atoms with Crippen molar-refractivity contribution in [3.8, 4) is 11.1 Å². The lowest BCUT2D eigenvalue weighted by Crippen LogP contribution is -2.48. The largest absolute Gasteiger partial charge is 0.336 e. The summed E-state index contributed by atoms with van der Waals surface area (Å²) >= 11 is 0. The number of carbonyl (C=O) groups is 1. The van der Waals surface area contributed by atoms with Gasteiger partial charge in [0.15, 0.2) is 0 Å². The molecule has 4 nitrogen and oxygen atoms in total. The highest BCUT2D eigenvalue weighted by Gasteiger charge is 2.21. The Balaban J connectivity index is 1.78. The van der Waals surface area contributed by atoms with Crippen LogP contribution in [-0.4, -0.2) is 53.4 Å². The lowest BCUT2D eigenvalue weighted by atomic mass is 10.1.